The zero-order chi connectivity index (χ0) is 18.5. The largest absolute Gasteiger partial charge is 0.507 e. The molecule has 0 radical (unpaired) electrons. The molecule has 2 heterocycles. The van der Waals surface area contributed by atoms with E-state index in [9.17, 15) is 5.11 Å². The van der Waals surface area contributed by atoms with Crippen LogP contribution in [0.15, 0.2) is 47.2 Å². The molecule has 7 heteroatoms. The Morgan fingerprint density at radius 2 is 2.12 bits per heavy atom. The van der Waals surface area contributed by atoms with Crippen LogP contribution in [0.2, 0.25) is 0 Å². The van der Waals surface area contributed by atoms with Crippen molar-refractivity contribution < 1.29 is 5.11 Å². The summed E-state index contributed by atoms with van der Waals surface area (Å²) in [6.07, 6.45) is 9.06. The predicted octanol–water partition coefficient (Wildman–Crippen LogP) is -0.111. The highest BCUT2D eigenvalue weighted by Crippen LogP contribution is 2.08. The van der Waals surface area contributed by atoms with Crippen molar-refractivity contribution in [2.24, 2.45) is 10.7 Å². The summed E-state index contributed by atoms with van der Waals surface area (Å²) in [5, 5.41) is 25.9. The fraction of sp³-hybridized carbons (Fsp3) is 0.263. The molecule has 0 aliphatic carbocycles. The van der Waals surface area contributed by atoms with Crippen LogP contribution in [-0.4, -0.2) is 42.3 Å². The van der Waals surface area contributed by atoms with E-state index in [0.717, 1.165) is 42.7 Å². The summed E-state index contributed by atoms with van der Waals surface area (Å²) in [5.41, 5.74) is 7.36. The number of phenolic OH excluding ortho intramolecular Hbond substituents is 1. The molecular formula is C19H24N6O. The first-order chi connectivity index (χ1) is 12.6. The van der Waals surface area contributed by atoms with Gasteiger partial charge in [-0.25, -0.2) is 4.99 Å². The fourth-order valence-corrected chi connectivity index (χ4v) is 2.96. The molecule has 1 aromatic rings. The molecule has 0 spiro atoms. The first-order valence-corrected chi connectivity index (χ1v) is 8.61. The number of hydrogen-bond donors (Lipinski definition) is 5. The van der Waals surface area contributed by atoms with Crippen LogP contribution in [0.5, 0.6) is 5.75 Å². The van der Waals surface area contributed by atoms with Crippen molar-refractivity contribution in [2.45, 2.75) is 12.8 Å². The van der Waals surface area contributed by atoms with Crippen molar-refractivity contribution in [3.63, 3.8) is 0 Å². The molecule has 3 rings (SSSR count). The van der Waals surface area contributed by atoms with Gasteiger partial charge in [-0.15, -0.1) is 0 Å². The Morgan fingerprint density at radius 3 is 2.81 bits per heavy atom. The van der Waals surface area contributed by atoms with E-state index in [2.05, 4.69) is 15.6 Å². The Hall–Kier alpha value is -3.22. The van der Waals surface area contributed by atoms with Gasteiger partial charge in [-0.05, 0) is 37.1 Å². The number of benzene rings is 1. The number of phenols is 1. The highest BCUT2D eigenvalue weighted by molar-refractivity contribution is 5.92. The minimum absolute atomic E-state index is 0.0913. The summed E-state index contributed by atoms with van der Waals surface area (Å²) in [7, 11) is 1.80. The second-order valence-corrected chi connectivity index (χ2v) is 6.20. The minimum Gasteiger partial charge on any atom is -0.507 e. The van der Waals surface area contributed by atoms with Crippen molar-refractivity contribution >= 4 is 23.6 Å². The normalized spacial score (nSPS) is 20.0. The molecular weight excluding hydrogens is 328 g/mol. The van der Waals surface area contributed by atoms with Crippen LogP contribution < -0.4 is 26.8 Å². The molecule has 6 N–H and O–H groups in total. The monoisotopic (exact) mass is 352 g/mol. The third kappa shape index (κ3) is 3.88. The van der Waals surface area contributed by atoms with Crippen molar-refractivity contribution in [1.82, 2.24) is 15.5 Å². The fourth-order valence-electron chi connectivity index (χ4n) is 2.96. The Balaban J connectivity index is 1.89. The van der Waals surface area contributed by atoms with Gasteiger partial charge in [0.25, 0.3) is 0 Å². The highest BCUT2D eigenvalue weighted by Gasteiger charge is 2.12. The lowest BCUT2D eigenvalue weighted by Crippen LogP contribution is -2.25. The van der Waals surface area contributed by atoms with E-state index in [0.29, 0.717) is 16.8 Å². The lowest BCUT2D eigenvalue weighted by atomic mass is 10.1. The van der Waals surface area contributed by atoms with Crippen LogP contribution in [0.1, 0.15) is 12.8 Å². The number of aliphatic imine (C=N–C) groups is 1. The van der Waals surface area contributed by atoms with E-state index in [1.165, 1.54) is 0 Å². The van der Waals surface area contributed by atoms with Gasteiger partial charge < -0.3 is 26.4 Å². The quantitative estimate of drug-likeness (QED) is 0.385. The average molecular weight is 352 g/mol. The smallest absolute Gasteiger partial charge is 0.129 e. The molecule has 0 aromatic heterocycles. The summed E-state index contributed by atoms with van der Waals surface area (Å²) >= 11 is 0. The predicted molar refractivity (Wildman–Crippen MR) is 105 cm³/mol. The maximum atomic E-state index is 10.4. The molecule has 1 fully saturated rings. The van der Waals surface area contributed by atoms with Crippen molar-refractivity contribution in [3.8, 4) is 5.75 Å². The van der Waals surface area contributed by atoms with E-state index >= 15 is 0 Å². The van der Waals surface area contributed by atoms with Gasteiger partial charge in [0.05, 0.1) is 12.0 Å². The number of nitrogens with one attached hydrogen (secondary N) is 3. The Morgan fingerprint density at radius 1 is 1.35 bits per heavy atom. The zero-order valence-corrected chi connectivity index (χ0v) is 14.8. The number of amidine groups is 1. The zero-order valence-electron chi connectivity index (χ0n) is 14.8. The molecule has 2 aliphatic heterocycles. The van der Waals surface area contributed by atoms with Gasteiger partial charge in [0.1, 0.15) is 17.4 Å². The van der Waals surface area contributed by atoms with Gasteiger partial charge >= 0.3 is 0 Å². The van der Waals surface area contributed by atoms with Gasteiger partial charge in [-0.2, -0.15) is 0 Å². The van der Waals surface area contributed by atoms with Crippen molar-refractivity contribution in [2.75, 3.05) is 20.1 Å². The molecule has 0 saturated carbocycles. The maximum absolute atomic E-state index is 10.4. The molecule has 2 aliphatic rings. The number of aromatic hydroxyl groups is 1. The summed E-state index contributed by atoms with van der Waals surface area (Å²) in [4.78, 5) is 6.16. The van der Waals surface area contributed by atoms with Crippen LogP contribution in [0, 0.1) is 5.41 Å². The van der Waals surface area contributed by atoms with E-state index in [4.69, 9.17) is 11.1 Å². The van der Waals surface area contributed by atoms with Gasteiger partial charge in [0.15, 0.2) is 0 Å². The molecule has 0 atom stereocenters. The SMILES string of the molecule is CNC1=C/C(=c2\cc/c(=C(N)\C=C/C(=N)N3CCCC3)c(O)c2)NC=N1. The third-order valence-corrected chi connectivity index (χ3v) is 4.45. The Bertz CT molecular complexity index is 906. The van der Waals surface area contributed by atoms with Gasteiger partial charge in [0, 0.05) is 42.3 Å². The number of rotatable bonds is 3. The molecule has 1 aromatic carbocycles. The maximum Gasteiger partial charge on any atom is 0.129 e. The van der Waals surface area contributed by atoms with Crippen molar-refractivity contribution in [1.29, 1.82) is 5.41 Å². The van der Waals surface area contributed by atoms with Crippen LogP contribution in [0.3, 0.4) is 0 Å². The molecule has 1 saturated heterocycles. The van der Waals surface area contributed by atoms with E-state index in [1.54, 1.807) is 37.7 Å². The van der Waals surface area contributed by atoms with Crippen LogP contribution in [-0.2, 0) is 0 Å². The van der Waals surface area contributed by atoms with Crippen LogP contribution >= 0.6 is 0 Å². The summed E-state index contributed by atoms with van der Waals surface area (Å²) in [6, 6.07) is 5.32. The number of nitrogens with zero attached hydrogens (tertiary/aromatic N) is 2. The molecule has 0 unspecified atom stereocenters. The average Bonchev–Trinajstić information content (AvgIpc) is 3.20. The Labute approximate surface area is 152 Å². The number of nitrogens with two attached hydrogens (primary N) is 1. The summed E-state index contributed by atoms with van der Waals surface area (Å²) in [6.45, 7) is 1.83. The Kier molecular flexibility index (Phi) is 5.26. The van der Waals surface area contributed by atoms with Crippen molar-refractivity contribution in [3.05, 3.63) is 52.7 Å². The second kappa shape index (κ2) is 7.77. The van der Waals surface area contributed by atoms with Gasteiger partial charge in [0.2, 0.25) is 0 Å². The minimum atomic E-state index is 0.0913. The molecule has 0 amide bonds. The highest BCUT2D eigenvalue weighted by atomic mass is 16.3. The first kappa shape index (κ1) is 17.6. The molecule has 26 heavy (non-hydrogen) atoms. The number of hydrogen-bond acceptors (Lipinski definition) is 6. The van der Waals surface area contributed by atoms with Crippen LogP contribution in [0.25, 0.3) is 11.4 Å². The lowest BCUT2D eigenvalue weighted by molar-refractivity contribution is 0.470. The topological polar surface area (TPSA) is 110 Å². The molecule has 7 nitrogen and oxygen atoms in total. The first-order valence-electron chi connectivity index (χ1n) is 8.61. The van der Waals surface area contributed by atoms with Gasteiger partial charge in [-0.3, -0.25) is 5.41 Å². The van der Waals surface area contributed by atoms with Gasteiger partial charge in [-0.1, -0.05) is 6.07 Å². The molecule has 0 bridgehead atoms. The van der Waals surface area contributed by atoms with E-state index in [1.807, 2.05) is 17.0 Å². The number of likely N-dealkylation sites (tertiary alicyclic amines) is 1. The third-order valence-electron chi connectivity index (χ3n) is 4.45. The van der Waals surface area contributed by atoms with E-state index in [-0.39, 0.29) is 5.75 Å². The molecule has 136 valence electrons. The summed E-state index contributed by atoms with van der Waals surface area (Å²) in [5.74, 6) is 1.28. The summed E-state index contributed by atoms with van der Waals surface area (Å²) < 4.78 is 0. The standard InChI is InChI=1S/C19H24N6O/c1-22-19-11-16(23-12-24-19)13-4-5-14(17(26)10-13)15(20)6-7-18(21)25-8-2-3-9-25/h4-7,10-12,21-22,26H,2-3,8-9,20H2,1H3,(H,23,24)/b7-6-,15-14-,16-13-,21-18?. The van der Waals surface area contributed by atoms with Crippen LogP contribution in [0.4, 0.5) is 0 Å². The van der Waals surface area contributed by atoms with E-state index < -0.39 is 0 Å². The lowest BCUT2D eigenvalue weighted by Gasteiger charge is -2.14. The second-order valence-electron chi connectivity index (χ2n) is 6.20.